The van der Waals surface area contributed by atoms with E-state index in [1.165, 1.54) is 0 Å². The first-order valence-corrected chi connectivity index (χ1v) is 8.31. The number of halogens is 1. The molecule has 0 saturated heterocycles. The third kappa shape index (κ3) is 2.52. The Morgan fingerprint density at radius 3 is 1.80 bits per heavy atom. The summed E-state index contributed by atoms with van der Waals surface area (Å²) in [6.45, 7) is 0. The highest BCUT2D eigenvalue weighted by Crippen LogP contribution is 2.32. The Labute approximate surface area is 160 Å². The van der Waals surface area contributed by atoms with E-state index in [1.807, 2.05) is 36.4 Å². The predicted octanol–water partition coefficient (Wildman–Crippen LogP) is -0.0155. The fourth-order valence-electron chi connectivity index (χ4n) is 3.07. The van der Waals surface area contributed by atoms with Crippen molar-refractivity contribution in [1.29, 1.82) is 0 Å². The van der Waals surface area contributed by atoms with Gasteiger partial charge in [-0.15, -0.1) is 16.4 Å². The Balaban J connectivity index is 2.01. The Bertz CT molecular complexity index is 1140. The summed E-state index contributed by atoms with van der Waals surface area (Å²) in [5, 5.41) is 2.03. The Kier molecular flexibility index (Phi) is 3.95. The van der Waals surface area contributed by atoms with E-state index in [2.05, 4.69) is 15.9 Å². The second-order valence-corrected chi connectivity index (χ2v) is 6.81. The molecule has 0 aliphatic heterocycles. The van der Waals surface area contributed by atoms with Crippen molar-refractivity contribution >= 4 is 104 Å². The summed E-state index contributed by atoms with van der Waals surface area (Å²) >= 11 is 3.45. The third-order valence-electron chi connectivity index (χ3n) is 4.42. The molecule has 106 valence electrons. The minimum absolute atomic E-state index is 0.202. The summed E-state index contributed by atoms with van der Waals surface area (Å²) in [5.41, 5.74) is 4.12. The molecule has 0 N–H and O–H groups in total. The van der Waals surface area contributed by atoms with Crippen LogP contribution in [0.1, 0.15) is 0 Å². The molecule has 7 heteroatoms. The van der Waals surface area contributed by atoms with E-state index >= 15 is 0 Å². The molecule has 0 spiro atoms. The second kappa shape index (κ2) is 5.91. The number of fused-ring (bicyclic) bond motifs is 3. The average Bonchev–Trinajstić information content (AvgIpc) is 2.95. The lowest BCUT2D eigenvalue weighted by atomic mass is 9.59. The van der Waals surface area contributed by atoms with Crippen LogP contribution in [0.5, 0.6) is 0 Å². The molecule has 0 saturated carbocycles. The van der Waals surface area contributed by atoms with Gasteiger partial charge in [0.05, 0.1) is 0 Å². The molecule has 1 nitrogen and oxygen atoms in total. The first-order valence-electron chi connectivity index (χ1n) is 7.52. The summed E-state index contributed by atoms with van der Waals surface area (Å²) in [7, 11) is 30.1. The highest BCUT2D eigenvalue weighted by atomic mass is 79.9. The lowest BCUT2D eigenvalue weighted by Gasteiger charge is -2.21. The van der Waals surface area contributed by atoms with E-state index in [0.717, 1.165) is 32.0 Å². The minimum Gasteiger partial charge on any atom is -0.456 e. The van der Waals surface area contributed by atoms with Crippen LogP contribution < -0.4 is 27.3 Å². The van der Waals surface area contributed by atoms with Crippen molar-refractivity contribution in [3.05, 3.63) is 40.9 Å². The predicted molar refractivity (Wildman–Crippen MR) is 114 cm³/mol. The number of hydrogen-bond donors (Lipinski definition) is 0. The van der Waals surface area contributed by atoms with Gasteiger partial charge in [-0.05, 0) is 41.5 Å². The molecular weight excluding hydrogens is 366 g/mol. The summed E-state index contributed by atoms with van der Waals surface area (Å²) in [5.74, 6) is 0. The Morgan fingerprint density at radius 1 is 0.640 bits per heavy atom. The van der Waals surface area contributed by atoms with Crippen LogP contribution in [-0.2, 0) is 0 Å². The maximum Gasteiger partial charge on any atom is 0.136 e. The first-order chi connectivity index (χ1) is 11.9. The second-order valence-electron chi connectivity index (χ2n) is 5.90. The van der Waals surface area contributed by atoms with Crippen LogP contribution in [0.25, 0.3) is 33.1 Å². The summed E-state index contributed by atoms with van der Waals surface area (Å²) in [6, 6.07) is 11.7. The maximum absolute atomic E-state index is 6.15. The highest BCUT2D eigenvalue weighted by Gasteiger charge is 2.14. The van der Waals surface area contributed by atoms with Gasteiger partial charge in [-0.25, -0.2) is 0 Å². The van der Waals surface area contributed by atoms with Crippen LogP contribution in [0.2, 0.25) is 0 Å². The average molecular weight is 372 g/mol. The first kappa shape index (κ1) is 16.7. The van der Waals surface area contributed by atoms with Crippen molar-refractivity contribution in [2.24, 2.45) is 0 Å². The maximum atomic E-state index is 6.15. The number of hydrogen-bond acceptors (Lipinski definition) is 1. The lowest BCUT2D eigenvalue weighted by Crippen LogP contribution is -2.55. The van der Waals surface area contributed by atoms with Gasteiger partial charge in [0.1, 0.15) is 50.4 Å². The number of rotatable bonds is 1. The molecule has 0 amide bonds. The Hall–Kier alpha value is -1.74. The summed E-state index contributed by atoms with van der Waals surface area (Å²) < 4.78 is 6.91. The fraction of sp³-hybridized carbons (Fsp3) is 0. The molecule has 0 atom stereocenters. The molecule has 1 aromatic heterocycles. The van der Waals surface area contributed by atoms with Crippen molar-refractivity contribution < 1.29 is 4.42 Å². The number of furan rings is 1. The van der Waals surface area contributed by atoms with Crippen LogP contribution in [0.15, 0.2) is 45.3 Å². The van der Waals surface area contributed by atoms with Gasteiger partial charge < -0.3 is 4.42 Å². The standard InChI is InChI=1S/C18H6B5BrO/c19-14-13(15(20)17(22)18(23)16(14)21)7-1-3-9-10-4-2-8(24)6-12(10)25-11(9)5-7/h1-6H. The molecule has 0 bridgehead atoms. The lowest BCUT2D eigenvalue weighted by molar-refractivity contribution is 0.669. The van der Waals surface area contributed by atoms with Crippen molar-refractivity contribution in [2.45, 2.75) is 0 Å². The molecule has 1 heterocycles. The molecule has 10 radical (unpaired) electrons. The van der Waals surface area contributed by atoms with E-state index < -0.39 is 0 Å². The van der Waals surface area contributed by atoms with E-state index in [4.69, 9.17) is 43.6 Å². The van der Waals surface area contributed by atoms with Gasteiger partial charge in [0.2, 0.25) is 0 Å². The molecule has 0 fully saturated rings. The van der Waals surface area contributed by atoms with Crippen molar-refractivity contribution in [3.63, 3.8) is 0 Å². The number of benzene rings is 3. The monoisotopic (exact) mass is 372 g/mol. The van der Waals surface area contributed by atoms with Crippen LogP contribution >= 0.6 is 15.9 Å². The smallest absolute Gasteiger partial charge is 0.136 e. The largest absolute Gasteiger partial charge is 0.456 e. The fourth-order valence-corrected chi connectivity index (χ4v) is 3.41. The van der Waals surface area contributed by atoms with Crippen LogP contribution in [0, 0.1) is 0 Å². The zero-order valence-corrected chi connectivity index (χ0v) is 14.7. The molecular formula is C18H6B5BrO. The molecule has 0 aliphatic rings. The van der Waals surface area contributed by atoms with Crippen LogP contribution in [-0.4, -0.2) is 39.2 Å². The topological polar surface area (TPSA) is 13.1 Å². The van der Waals surface area contributed by atoms with Gasteiger partial charge in [0, 0.05) is 15.2 Å². The van der Waals surface area contributed by atoms with Crippen molar-refractivity contribution in [1.82, 2.24) is 0 Å². The van der Waals surface area contributed by atoms with Crippen molar-refractivity contribution in [3.8, 4) is 11.1 Å². The molecule has 4 rings (SSSR count). The third-order valence-corrected chi connectivity index (χ3v) is 4.92. The van der Waals surface area contributed by atoms with Gasteiger partial charge in [-0.2, -0.15) is 0 Å². The molecule has 0 unspecified atom stereocenters. The highest BCUT2D eigenvalue weighted by molar-refractivity contribution is 9.10. The van der Waals surface area contributed by atoms with E-state index in [9.17, 15) is 0 Å². The zero-order chi connectivity index (χ0) is 17.9. The van der Waals surface area contributed by atoms with Gasteiger partial charge in [-0.3, -0.25) is 0 Å². The molecule has 4 aromatic rings. The van der Waals surface area contributed by atoms with Crippen LogP contribution in [0.3, 0.4) is 0 Å². The van der Waals surface area contributed by atoms with Gasteiger partial charge in [0.25, 0.3) is 0 Å². The molecule has 25 heavy (non-hydrogen) atoms. The quantitative estimate of drug-likeness (QED) is 0.429. The van der Waals surface area contributed by atoms with Gasteiger partial charge in [-0.1, -0.05) is 32.9 Å². The normalized spacial score (nSPS) is 11.4. The SMILES string of the molecule is [B]c1c([B])c([B])c(-c2ccc3c(c2)oc2cc(Br)ccc23)c([B])c1[B]. The van der Waals surface area contributed by atoms with Gasteiger partial charge >= 0.3 is 0 Å². The van der Waals surface area contributed by atoms with Crippen LogP contribution in [0.4, 0.5) is 0 Å². The molecule has 3 aromatic carbocycles. The van der Waals surface area contributed by atoms with E-state index in [1.54, 1.807) is 0 Å². The van der Waals surface area contributed by atoms with E-state index in [0.29, 0.717) is 16.5 Å². The van der Waals surface area contributed by atoms with Crippen molar-refractivity contribution in [2.75, 3.05) is 0 Å². The zero-order valence-electron chi connectivity index (χ0n) is 13.1. The molecule has 0 aliphatic carbocycles. The van der Waals surface area contributed by atoms with E-state index in [-0.39, 0.29) is 16.4 Å². The Morgan fingerprint density at radius 2 is 1.16 bits per heavy atom. The minimum atomic E-state index is 0.202. The van der Waals surface area contributed by atoms with Gasteiger partial charge in [0.15, 0.2) is 0 Å². The summed E-state index contributed by atoms with van der Waals surface area (Å²) in [6.07, 6.45) is 0. The summed E-state index contributed by atoms with van der Waals surface area (Å²) in [4.78, 5) is 0.